The first-order valence-electron chi connectivity index (χ1n) is 33.2. The van der Waals surface area contributed by atoms with Crippen LogP contribution >= 0.6 is 0 Å². The minimum absolute atomic E-state index is 0.236. The van der Waals surface area contributed by atoms with E-state index in [9.17, 15) is 61.0 Å². The molecule has 0 saturated carbocycles. The molecule has 12 N–H and O–H groups in total. The van der Waals surface area contributed by atoms with Gasteiger partial charge in [-0.25, -0.2) is 0 Å². The average molecular weight is 1200 g/mol. The van der Waals surface area contributed by atoms with E-state index in [1.54, 1.807) is 6.08 Å². The topological polar surface area (TPSA) is 307 Å². The molecule has 0 radical (unpaired) electrons. The number of hydrogen-bond acceptors (Lipinski definition) is 18. The molecule has 3 aliphatic rings. The highest BCUT2D eigenvalue weighted by Crippen LogP contribution is 2.33. The molecular formula is C65H119NO18. The van der Waals surface area contributed by atoms with Crippen LogP contribution in [0.4, 0.5) is 0 Å². The third-order valence-electron chi connectivity index (χ3n) is 16.7. The van der Waals surface area contributed by atoms with Crippen molar-refractivity contribution in [1.29, 1.82) is 0 Å². The minimum Gasteiger partial charge on any atom is -0.394 e. The lowest BCUT2D eigenvalue weighted by Gasteiger charge is -2.48. The van der Waals surface area contributed by atoms with Crippen molar-refractivity contribution in [2.75, 3.05) is 26.4 Å². The zero-order valence-corrected chi connectivity index (χ0v) is 51.6. The molecule has 0 bridgehead atoms. The predicted molar refractivity (Wildman–Crippen MR) is 323 cm³/mol. The van der Waals surface area contributed by atoms with Crippen LogP contribution in [0.1, 0.15) is 239 Å². The molecule has 0 aromatic rings. The van der Waals surface area contributed by atoms with Gasteiger partial charge >= 0.3 is 0 Å². The van der Waals surface area contributed by atoms with Crippen molar-refractivity contribution in [3.8, 4) is 0 Å². The van der Waals surface area contributed by atoms with Gasteiger partial charge in [0.1, 0.15) is 73.2 Å². The van der Waals surface area contributed by atoms with Gasteiger partial charge in [0.05, 0.1) is 38.6 Å². The number of rotatable bonds is 50. The summed E-state index contributed by atoms with van der Waals surface area (Å²) in [6, 6.07) is -0.993. The van der Waals surface area contributed by atoms with E-state index in [-0.39, 0.29) is 18.9 Å². The number of unbranched alkanes of at least 4 members (excludes halogenated alkanes) is 30. The van der Waals surface area contributed by atoms with E-state index in [0.717, 1.165) is 44.9 Å². The fraction of sp³-hybridized carbons (Fsp3) is 0.892. The zero-order valence-electron chi connectivity index (χ0n) is 51.6. The monoisotopic (exact) mass is 1200 g/mol. The van der Waals surface area contributed by atoms with Gasteiger partial charge in [0, 0.05) is 6.42 Å². The molecule has 0 spiro atoms. The Kier molecular flexibility index (Phi) is 43.5. The number of amides is 1. The van der Waals surface area contributed by atoms with Crippen LogP contribution in [-0.4, -0.2) is 193 Å². The first-order chi connectivity index (χ1) is 40.8. The summed E-state index contributed by atoms with van der Waals surface area (Å²) in [7, 11) is 0. The minimum atomic E-state index is -1.98. The van der Waals surface area contributed by atoms with E-state index in [4.69, 9.17) is 28.4 Å². The summed E-state index contributed by atoms with van der Waals surface area (Å²) in [6.07, 6.45) is 27.2. The van der Waals surface area contributed by atoms with Crippen LogP contribution in [0.2, 0.25) is 0 Å². The summed E-state index contributed by atoms with van der Waals surface area (Å²) >= 11 is 0. The van der Waals surface area contributed by atoms with Crippen molar-refractivity contribution in [3.05, 3.63) is 36.5 Å². The van der Waals surface area contributed by atoms with Crippen LogP contribution in [0.25, 0.3) is 0 Å². The Balaban J connectivity index is 1.42. The van der Waals surface area contributed by atoms with Crippen molar-refractivity contribution >= 4 is 5.91 Å². The number of hydrogen-bond donors (Lipinski definition) is 12. The van der Waals surface area contributed by atoms with Gasteiger partial charge in [-0.05, 0) is 44.9 Å². The van der Waals surface area contributed by atoms with Gasteiger partial charge in [-0.15, -0.1) is 0 Å². The lowest BCUT2D eigenvalue weighted by Crippen LogP contribution is -2.66. The predicted octanol–water partition coefficient (Wildman–Crippen LogP) is 7.66. The number of aliphatic hydroxyl groups excluding tert-OH is 11. The van der Waals surface area contributed by atoms with E-state index in [1.165, 1.54) is 161 Å². The van der Waals surface area contributed by atoms with Crippen molar-refractivity contribution in [2.24, 2.45) is 0 Å². The first kappa shape index (κ1) is 76.3. The molecule has 3 rings (SSSR count). The summed E-state index contributed by atoms with van der Waals surface area (Å²) in [5.41, 5.74) is 0. The number of carbonyl (C=O) groups is 1. The van der Waals surface area contributed by atoms with Crippen LogP contribution in [-0.2, 0) is 33.2 Å². The van der Waals surface area contributed by atoms with Crippen LogP contribution in [0.15, 0.2) is 36.5 Å². The zero-order chi connectivity index (χ0) is 61.2. The van der Waals surface area contributed by atoms with Crippen molar-refractivity contribution in [3.63, 3.8) is 0 Å². The van der Waals surface area contributed by atoms with E-state index in [1.807, 2.05) is 6.08 Å². The molecule has 3 aliphatic heterocycles. The number of carbonyl (C=O) groups excluding carboxylic acids is 1. The molecule has 17 unspecified atom stereocenters. The first-order valence-corrected chi connectivity index (χ1v) is 33.2. The standard InChI is InChI=1S/C65H119NO18/c1-3-5-7-9-11-13-15-17-18-19-20-21-22-23-24-25-26-27-28-29-31-33-35-37-39-41-43-53(71)66-48(49(70)42-40-38-36-34-32-30-16-14-12-10-8-6-4-2)47-79-63-59(77)56(74)61(51(45-68)81-63)84-65-60(78)57(75)62(52(46-69)82-65)83-64-58(76)55(73)54(72)50(44-67)80-64/h12,14,32,34,40,42,48-52,54-65,67-70,72-78H,3-11,13,15-31,33,35-39,41,43-47H2,1-2H3,(H,66,71)/b14-12+,34-32+,42-40+. The summed E-state index contributed by atoms with van der Waals surface area (Å²) in [6.45, 7) is 1.68. The molecule has 19 nitrogen and oxygen atoms in total. The normalized spacial score (nSPS) is 29.4. The molecule has 3 fully saturated rings. The maximum Gasteiger partial charge on any atom is 0.220 e. The molecule has 19 heteroatoms. The lowest BCUT2D eigenvalue weighted by atomic mass is 9.96. The summed E-state index contributed by atoms with van der Waals surface area (Å²) in [5.74, 6) is -0.287. The fourth-order valence-corrected chi connectivity index (χ4v) is 11.2. The summed E-state index contributed by atoms with van der Waals surface area (Å²) in [5, 5.41) is 120. The van der Waals surface area contributed by atoms with Gasteiger partial charge < -0.3 is 89.9 Å². The summed E-state index contributed by atoms with van der Waals surface area (Å²) < 4.78 is 34.2. The Morgan fingerprint density at radius 2 is 0.762 bits per heavy atom. The van der Waals surface area contributed by atoms with Crippen LogP contribution < -0.4 is 5.32 Å². The highest BCUT2D eigenvalue weighted by atomic mass is 16.8. The van der Waals surface area contributed by atoms with E-state index >= 15 is 0 Å². The average Bonchev–Trinajstić information content (AvgIpc) is 3.11. The van der Waals surface area contributed by atoms with E-state index in [2.05, 4.69) is 43.5 Å². The largest absolute Gasteiger partial charge is 0.394 e. The third kappa shape index (κ3) is 30.5. The molecule has 3 heterocycles. The number of allylic oxidation sites excluding steroid dienone is 5. The van der Waals surface area contributed by atoms with Crippen molar-refractivity contribution < 1.29 is 89.4 Å². The van der Waals surface area contributed by atoms with Gasteiger partial charge in [-0.2, -0.15) is 0 Å². The molecule has 17 atom stereocenters. The second-order valence-corrected chi connectivity index (χ2v) is 23.9. The maximum absolute atomic E-state index is 13.4. The van der Waals surface area contributed by atoms with Crippen LogP contribution in [0.5, 0.6) is 0 Å². The molecule has 0 aromatic carbocycles. The number of nitrogens with one attached hydrogen (secondary N) is 1. The Morgan fingerprint density at radius 3 is 1.19 bits per heavy atom. The molecule has 3 saturated heterocycles. The molecule has 0 aliphatic carbocycles. The highest BCUT2D eigenvalue weighted by Gasteiger charge is 2.53. The van der Waals surface area contributed by atoms with E-state index in [0.29, 0.717) is 12.8 Å². The Labute approximate surface area is 504 Å². The molecule has 84 heavy (non-hydrogen) atoms. The van der Waals surface area contributed by atoms with Crippen molar-refractivity contribution in [2.45, 2.75) is 343 Å². The van der Waals surface area contributed by atoms with Crippen molar-refractivity contribution in [1.82, 2.24) is 5.32 Å². The quantitative estimate of drug-likeness (QED) is 0.0205. The second-order valence-electron chi connectivity index (χ2n) is 23.9. The Bertz CT molecular complexity index is 1670. The number of aliphatic hydroxyl groups is 11. The van der Waals surface area contributed by atoms with Crippen LogP contribution in [0.3, 0.4) is 0 Å². The molecule has 0 aromatic heterocycles. The second kappa shape index (κ2) is 47.9. The summed E-state index contributed by atoms with van der Waals surface area (Å²) in [4.78, 5) is 13.4. The molecule has 1 amide bonds. The van der Waals surface area contributed by atoms with E-state index < -0.39 is 124 Å². The third-order valence-corrected chi connectivity index (χ3v) is 16.7. The maximum atomic E-state index is 13.4. The van der Waals surface area contributed by atoms with Gasteiger partial charge in [0.25, 0.3) is 0 Å². The SMILES string of the molecule is CCCCC/C=C/CC/C=C/CC/C=C/C(O)C(COC1OC(CO)C(OC2OC(CO)C(OC3OC(CO)C(O)C(O)C3O)C(O)C2O)C(O)C1O)NC(=O)CCCCCCCCCCCCCCCCCCCCCCCCCCCC. The van der Waals surface area contributed by atoms with Crippen LogP contribution in [0, 0.1) is 0 Å². The number of ether oxygens (including phenoxy) is 6. The van der Waals surface area contributed by atoms with Gasteiger partial charge in [-0.1, -0.05) is 224 Å². The molecular weight excluding hydrogens is 1080 g/mol. The van der Waals surface area contributed by atoms with Gasteiger partial charge in [0.2, 0.25) is 5.91 Å². The Morgan fingerprint density at radius 1 is 0.417 bits per heavy atom. The van der Waals surface area contributed by atoms with Gasteiger partial charge in [0.15, 0.2) is 18.9 Å². The molecule has 492 valence electrons. The Hall–Kier alpha value is -1.99. The highest BCUT2D eigenvalue weighted by molar-refractivity contribution is 5.76. The fourth-order valence-electron chi connectivity index (χ4n) is 11.2. The lowest BCUT2D eigenvalue weighted by molar-refractivity contribution is -0.379. The van der Waals surface area contributed by atoms with Gasteiger partial charge in [-0.3, -0.25) is 4.79 Å². The smallest absolute Gasteiger partial charge is 0.220 e.